The van der Waals surface area contributed by atoms with Crippen molar-refractivity contribution in [1.82, 2.24) is 0 Å². The number of rotatable bonds is 3. The number of hydrogen-bond donors (Lipinski definition) is 0. The zero-order valence-corrected chi connectivity index (χ0v) is 3.50. The zero-order chi connectivity index (χ0) is 6.24. The topological polar surface area (TPSA) is 116 Å². The molecule has 0 saturated carbocycles. The molecule has 0 aliphatic rings. The van der Waals surface area contributed by atoms with Gasteiger partial charge >= 0.3 is 0 Å². The van der Waals surface area contributed by atoms with E-state index in [0.29, 0.717) is 0 Å². The summed E-state index contributed by atoms with van der Waals surface area (Å²) in [7, 11) is 0. The minimum atomic E-state index is 2.10. The minimum absolute atomic E-state index is 2.10. The Morgan fingerprint density at radius 2 is 1.38 bits per heavy atom. The van der Waals surface area contributed by atoms with Gasteiger partial charge in [-0.15, -0.1) is 0 Å². The smallest absolute Gasteiger partial charge is 0.156 e. The third kappa shape index (κ3) is 4.22. The lowest BCUT2D eigenvalue weighted by Gasteiger charge is -1.80. The summed E-state index contributed by atoms with van der Waals surface area (Å²) in [6, 6.07) is 0. The molecule has 0 aromatic rings. The number of nitrogens with zero attached hydrogens (tertiary/aromatic N) is 6. The monoisotopic (exact) mass is 116 g/mol. The summed E-state index contributed by atoms with van der Waals surface area (Å²) in [6.07, 6.45) is 0. The summed E-state index contributed by atoms with van der Waals surface area (Å²) in [6.45, 7) is 0. The predicted octanol–water partition coefficient (Wildman–Crippen LogP) is 1.39. The van der Waals surface area contributed by atoms with E-state index in [1.165, 1.54) is 0 Å². The molecule has 8 heavy (non-hydrogen) atoms. The minimum Gasteiger partial charge on any atom is -0.197 e. The van der Waals surface area contributed by atoms with Crippen LogP contribution in [-0.4, -0.2) is 0 Å². The van der Waals surface area contributed by atoms with Gasteiger partial charge in [-0.05, 0) is 11.1 Å². The second-order valence-electron chi connectivity index (χ2n) is 0.491. The van der Waals surface area contributed by atoms with Crippen molar-refractivity contribution in [2.75, 3.05) is 0 Å². The van der Waals surface area contributed by atoms with Crippen molar-refractivity contribution in [3.63, 3.8) is 0 Å². The summed E-state index contributed by atoms with van der Waals surface area (Å²) >= 11 is 0. The normalized spacial score (nSPS) is 5.50. The van der Waals surface area contributed by atoms with Gasteiger partial charge in [0.2, 0.25) is 0 Å². The third-order valence-electron chi connectivity index (χ3n) is 0.173. The molecule has 0 bridgehead atoms. The van der Waals surface area contributed by atoms with E-state index in [0.717, 1.165) is 0 Å². The highest BCUT2D eigenvalue weighted by atomic mass is 17.3. The highest BCUT2D eigenvalue weighted by molar-refractivity contribution is 4.27. The van der Waals surface area contributed by atoms with Crippen LogP contribution in [0.3, 0.4) is 0 Å². The van der Waals surface area contributed by atoms with Gasteiger partial charge < -0.3 is 0 Å². The Hall–Kier alpha value is -1.78. The van der Waals surface area contributed by atoms with Crippen molar-refractivity contribution >= 4 is 0 Å². The molecule has 0 fully saturated rings. The standard InChI is InChI=1S/N6O2/c1-3-5-7-8-6-4-2. The van der Waals surface area contributed by atoms with Crippen LogP contribution in [0.1, 0.15) is 0 Å². The third-order valence-corrected chi connectivity index (χ3v) is 0.173. The molecule has 0 N–H and O–H groups in total. The van der Waals surface area contributed by atoms with Crippen LogP contribution < -0.4 is 0 Å². The average Bonchev–Trinajstić information content (AvgIpc) is 1.81. The van der Waals surface area contributed by atoms with Crippen molar-refractivity contribution in [3.8, 4) is 0 Å². The summed E-state index contributed by atoms with van der Waals surface area (Å²) in [5.74, 6) is 0. The molecule has 0 radical (unpaired) electrons. The first-order chi connectivity index (χ1) is 3.91. The quantitative estimate of drug-likeness (QED) is 0.138. The molecule has 0 aliphatic carbocycles. The van der Waals surface area contributed by atoms with Crippen LogP contribution in [0.15, 0.2) is 10.6 Å². The van der Waals surface area contributed by atoms with Crippen LogP contribution >= 0.6 is 0 Å². The second kappa shape index (κ2) is 5.22. The molecule has 8 nitrogen and oxygen atoms in total. The Morgan fingerprint density at radius 1 is 1.00 bits per heavy atom. The fraction of sp³-hybridized carbons (Fsp3) is 0. The lowest BCUT2D eigenvalue weighted by atomic mass is 12.9. The van der Waals surface area contributed by atoms with E-state index in [1.54, 1.807) is 0 Å². The summed E-state index contributed by atoms with van der Waals surface area (Å²) in [5, 5.41) is 4.81. The van der Waals surface area contributed by atoms with Crippen LogP contribution in [0.5, 0.6) is 0 Å². The van der Waals surface area contributed by atoms with Crippen LogP contribution in [0, 0.1) is 0 Å². The highest BCUT2D eigenvalue weighted by Crippen LogP contribution is 1.79. The molecule has 0 saturated heterocycles. The molecule has 0 unspecified atom stereocenters. The molecule has 0 aliphatic heterocycles. The lowest BCUT2D eigenvalue weighted by molar-refractivity contribution is -0.301. The van der Waals surface area contributed by atoms with E-state index >= 15 is 0 Å². The molecule has 0 heterocycles. The van der Waals surface area contributed by atoms with E-state index in [4.69, 9.17) is 11.1 Å². The Balaban J connectivity index is 3.18. The number of azide groups is 2. The molecule has 0 spiro atoms. The van der Waals surface area contributed by atoms with E-state index in [9.17, 15) is 0 Å². The summed E-state index contributed by atoms with van der Waals surface area (Å²) in [4.78, 5) is 11.2. The largest absolute Gasteiger partial charge is 0.197 e. The molecule has 42 valence electrons. The summed E-state index contributed by atoms with van der Waals surface area (Å²) in [5.41, 5.74) is 15.0. The van der Waals surface area contributed by atoms with E-state index < -0.39 is 0 Å². The van der Waals surface area contributed by atoms with Gasteiger partial charge in [0.15, 0.2) is 10.6 Å². The van der Waals surface area contributed by atoms with Gasteiger partial charge in [0.25, 0.3) is 0 Å². The van der Waals surface area contributed by atoms with Gasteiger partial charge in [-0.2, -0.15) is 9.98 Å². The lowest BCUT2D eigenvalue weighted by Crippen LogP contribution is -1.70. The van der Waals surface area contributed by atoms with E-state index in [1.807, 2.05) is 0 Å². The van der Waals surface area contributed by atoms with Crippen LogP contribution in [0.2, 0.25) is 0 Å². The van der Waals surface area contributed by atoms with Crippen molar-refractivity contribution in [2.45, 2.75) is 0 Å². The maximum Gasteiger partial charge on any atom is 0.156 e. The molecule has 0 aromatic heterocycles. The van der Waals surface area contributed by atoms with E-state index in [-0.39, 0.29) is 0 Å². The van der Waals surface area contributed by atoms with Gasteiger partial charge in [-0.3, -0.25) is 0 Å². The molecule has 0 rings (SSSR count). The molecular weight excluding hydrogens is 116 g/mol. The van der Waals surface area contributed by atoms with Crippen LogP contribution in [-0.2, 0) is 9.98 Å². The molecular formula is N6O2. The van der Waals surface area contributed by atoms with Gasteiger partial charge in [-0.25, -0.2) is 0 Å². The first-order valence-corrected chi connectivity index (χ1v) is 1.33. The SMILES string of the molecule is [N-]=[N+]=NOON=[N+]=[N-]. The fourth-order valence-corrected chi connectivity index (χ4v) is 0.0596. The average molecular weight is 116 g/mol. The summed E-state index contributed by atoms with van der Waals surface area (Å²) < 4.78 is 0. The molecule has 8 heteroatoms. The first kappa shape index (κ1) is 6.22. The van der Waals surface area contributed by atoms with Crippen LogP contribution in [0.25, 0.3) is 20.9 Å². The fourth-order valence-electron chi connectivity index (χ4n) is 0.0596. The second-order valence-corrected chi connectivity index (χ2v) is 0.491. The first-order valence-electron chi connectivity index (χ1n) is 1.33. The maximum absolute atomic E-state index is 7.48. The Labute approximate surface area is 42.7 Å². The predicted molar refractivity (Wildman–Crippen MR) is 20.5 cm³/mol. The van der Waals surface area contributed by atoms with Crippen molar-refractivity contribution in [2.24, 2.45) is 10.6 Å². The Bertz CT molecular complexity index is 119. The van der Waals surface area contributed by atoms with E-state index in [2.05, 4.69) is 30.4 Å². The Kier molecular flexibility index (Phi) is 4.06. The highest BCUT2D eigenvalue weighted by Gasteiger charge is 1.68. The van der Waals surface area contributed by atoms with Gasteiger partial charge in [-0.1, -0.05) is 0 Å². The van der Waals surface area contributed by atoms with Crippen molar-refractivity contribution in [1.29, 1.82) is 0 Å². The Morgan fingerprint density at radius 3 is 1.62 bits per heavy atom. The van der Waals surface area contributed by atoms with Gasteiger partial charge in [0, 0.05) is 9.82 Å². The van der Waals surface area contributed by atoms with Crippen molar-refractivity contribution in [3.05, 3.63) is 20.9 Å². The number of hydrogen-bond acceptors (Lipinski definition) is 4. The van der Waals surface area contributed by atoms with Crippen molar-refractivity contribution < 1.29 is 9.98 Å². The molecule has 0 aromatic carbocycles. The molecule has 0 atom stereocenters. The van der Waals surface area contributed by atoms with Gasteiger partial charge in [0.1, 0.15) is 0 Å². The molecule has 0 amide bonds. The van der Waals surface area contributed by atoms with Crippen LogP contribution in [0.4, 0.5) is 0 Å². The zero-order valence-electron chi connectivity index (χ0n) is 3.50. The maximum atomic E-state index is 7.48. The van der Waals surface area contributed by atoms with Gasteiger partial charge in [0.05, 0.1) is 0 Å².